The summed E-state index contributed by atoms with van der Waals surface area (Å²) in [5, 5.41) is 4.18. The van der Waals surface area contributed by atoms with Crippen LogP contribution < -0.4 is 4.74 Å². The average Bonchev–Trinajstić information content (AvgIpc) is 3.17. The standard InChI is InChI=1S/C19H15Br3N2O3/c1-11-15(9-24(2)23-11)18(25)6-5-13-3-4-14(27-13)10-26-19-16(21)7-12(20)8-17(19)22/h3-9H,10H2,1-2H3/b6-5+. The van der Waals surface area contributed by atoms with Crippen LogP contribution in [0.3, 0.4) is 0 Å². The third-order valence-electron chi connectivity index (χ3n) is 3.68. The molecule has 0 spiro atoms. The van der Waals surface area contributed by atoms with E-state index in [4.69, 9.17) is 9.15 Å². The Bertz CT molecular complexity index is 998. The molecule has 0 atom stereocenters. The number of ether oxygens (including phenoxy) is 1. The molecule has 5 nitrogen and oxygen atoms in total. The number of nitrogens with zero attached hydrogens (tertiary/aromatic N) is 2. The van der Waals surface area contributed by atoms with Crippen molar-refractivity contribution < 1.29 is 13.9 Å². The number of hydrogen-bond donors (Lipinski definition) is 0. The highest BCUT2D eigenvalue weighted by atomic mass is 79.9. The number of rotatable bonds is 6. The zero-order valence-electron chi connectivity index (χ0n) is 14.5. The van der Waals surface area contributed by atoms with Gasteiger partial charge in [0.25, 0.3) is 0 Å². The van der Waals surface area contributed by atoms with Crippen molar-refractivity contribution in [2.45, 2.75) is 13.5 Å². The average molecular weight is 559 g/mol. The minimum Gasteiger partial charge on any atom is -0.483 e. The summed E-state index contributed by atoms with van der Waals surface area (Å²) in [4.78, 5) is 12.3. The molecule has 140 valence electrons. The number of hydrogen-bond acceptors (Lipinski definition) is 4. The van der Waals surface area contributed by atoms with Gasteiger partial charge < -0.3 is 9.15 Å². The topological polar surface area (TPSA) is 57.3 Å². The fourth-order valence-corrected chi connectivity index (χ4v) is 4.95. The van der Waals surface area contributed by atoms with Gasteiger partial charge in [0.1, 0.15) is 23.9 Å². The lowest BCUT2D eigenvalue weighted by molar-refractivity contribution is 0.104. The predicted octanol–water partition coefficient (Wildman–Crippen LogP) is 6.08. The lowest BCUT2D eigenvalue weighted by Gasteiger charge is -2.09. The lowest BCUT2D eigenvalue weighted by Crippen LogP contribution is -1.95. The van der Waals surface area contributed by atoms with E-state index in [1.54, 1.807) is 30.1 Å². The van der Waals surface area contributed by atoms with Crippen LogP contribution in [0.15, 0.2) is 54.4 Å². The molecule has 2 heterocycles. The number of carbonyl (C=O) groups is 1. The molecule has 0 aliphatic rings. The van der Waals surface area contributed by atoms with E-state index in [0.29, 0.717) is 28.5 Å². The minimum absolute atomic E-state index is 0.113. The molecular formula is C19H15Br3N2O3. The second kappa shape index (κ2) is 8.58. The summed E-state index contributed by atoms with van der Waals surface area (Å²) in [6, 6.07) is 7.43. The molecule has 2 aromatic heterocycles. The number of aromatic nitrogens is 2. The van der Waals surface area contributed by atoms with Crippen molar-refractivity contribution in [3.63, 3.8) is 0 Å². The highest BCUT2D eigenvalue weighted by Crippen LogP contribution is 2.36. The summed E-state index contributed by atoms with van der Waals surface area (Å²) in [5.74, 6) is 1.81. The Labute approximate surface area is 181 Å². The van der Waals surface area contributed by atoms with Crippen LogP contribution in [0.4, 0.5) is 0 Å². The normalized spacial score (nSPS) is 11.3. The Morgan fingerprint density at radius 1 is 1.26 bits per heavy atom. The van der Waals surface area contributed by atoms with Crippen LogP contribution >= 0.6 is 47.8 Å². The molecule has 27 heavy (non-hydrogen) atoms. The van der Waals surface area contributed by atoms with Crippen molar-refractivity contribution >= 4 is 59.6 Å². The van der Waals surface area contributed by atoms with Crippen LogP contribution in [-0.4, -0.2) is 15.6 Å². The maximum Gasteiger partial charge on any atom is 0.189 e. The molecule has 1 aromatic carbocycles. The third-order valence-corrected chi connectivity index (χ3v) is 5.32. The van der Waals surface area contributed by atoms with Gasteiger partial charge in [-0.15, -0.1) is 0 Å². The fourth-order valence-electron chi connectivity index (χ4n) is 2.46. The van der Waals surface area contributed by atoms with E-state index in [2.05, 4.69) is 52.9 Å². The SMILES string of the molecule is Cc1nn(C)cc1C(=O)/C=C/c1ccc(COc2c(Br)cc(Br)cc2Br)o1. The Kier molecular flexibility index (Phi) is 6.39. The van der Waals surface area contributed by atoms with Crippen LogP contribution in [0.2, 0.25) is 0 Å². The number of aryl methyl sites for hydroxylation is 2. The van der Waals surface area contributed by atoms with Crippen LogP contribution in [-0.2, 0) is 13.7 Å². The van der Waals surface area contributed by atoms with Crippen molar-refractivity contribution in [3.05, 3.63) is 72.7 Å². The summed E-state index contributed by atoms with van der Waals surface area (Å²) in [5.41, 5.74) is 1.28. The number of halogens is 3. The number of ketones is 1. The molecule has 3 rings (SSSR count). The van der Waals surface area contributed by atoms with Gasteiger partial charge in [-0.2, -0.15) is 5.10 Å². The number of benzene rings is 1. The molecule has 0 N–H and O–H groups in total. The predicted molar refractivity (Wildman–Crippen MR) is 114 cm³/mol. The summed E-state index contributed by atoms with van der Waals surface area (Å²) in [6.07, 6.45) is 4.83. The number of carbonyl (C=O) groups excluding carboxylic acids is 1. The van der Waals surface area contributed by atoms with E-state index in [-0.39, 0.29) is 12.4 Å². The minimum atomic E-state index is -0.113. The molecule has 3 aromatic rings. The summed E-state index contributed by atoms with van der Waals surface area (Å²) in [6.45, 7) is 2.07. The summed E-state index contributed by atoms with van der Waals surface area (Å²) < 4.78 is 15.7. The highest BCUT2D eigenvalue weighted by Gasteiger charge is 2.11. The van der Waals surface area contributed by atoms with Crippen molar-refractivity contribution in [2.75, 3.05) is 0 Å². The number of allylic oxidation sites excluding steroid dienone is 1. The first-order valence-corrected chi connectivity index (χ1v) is 10.3. The van der Waals surface area contributed by atoms with Crippen molar-refractivity contribution in [1.29, 1.82) is 0 Å². The molecule has 0 aliphatic carbocycles. The molecule has 0 radical (unpaired) electrons. The van der Waals surface area contributed by atoms with Gasteiger partial charge in [0.05, 0.1) is 20.2 Å². The summed E-state index contributed by atoms with van der Waals surface area (Å²) in [7, 11) is 1.79. The first-order valence-electron chi connectivity index (χ1n) is 7.92. The van der Waals surface area contributed by atoms with Gasteiger partial charge in [-0.25, -0.2) is 0 Å². The maximum atomic E-state index is 12.3. The Morgan fingerprint density at radius 2 is 1.96 bits per heavy atom. The molecule has 0 saturated carbocycles. The Balaban J connectivity index is 1.65. The Hall–Kier alpha value is -1.64. The zero-order chi connectivity index (χ0) is 19.6. The summed E-state index contributed by atoms with van der Waals surface area (Å²) >= 11 is 10.4. The Morgan fingerprint density at radius 3 is 2.59 bits per heavy atom. The molecule has 0 fully saturated rings. The quantitative estimate of drug-likeness (QED) is 0.272. The maximum absolute atomic E-state index is 12.3. The van der Waals surface area contributed by atoms with E-state index in [9.17, 15) is 4.79 Å². The van der Waals surface area contributed by atoms with Crippen LogP contribution in [0.5, 0.6) is 5.75 Å². The molecule has 0 saturated heterocycles. The van der Waals surface area contributed by atoms with Gasteiger partial charge in [-0.3, -0.25) is 9.48 Å². The lowest BCUT2D eigenvalue weighted by atomic mass is 10.1. The van der Waals surface area contributed by atoms with E-state index < -0.39 is 0 Å². The van der Waals surface area contributed by atoms with Gasteiger partial charge in [0.2, 0.25) is 0 Å². The fraction of sp³-hybridized carbons (Fsp3) is 0.158. The smallest absolute Gasteiger partial charge is 0.189 e. The molecular weight excluding hydrogens is 544 g/mol. The second-order valence-electron chi connectivity index (χ2n) is 5.79. The van der Waals surface area contributed by atoms with Gasteiger partial charge in [-0.05, 0) is 75.2 Å². The van der Waals surface area contributed by atoms with Crippen LogP contribution in [0, 0.1) is 6.92 Å². The first kappa shape index (κ1) is 20.1. The van der Waals surface area contributed by atoms with E-state index in [0.717, 1.165) is 13.4 Å². The monoisotopic (exact) mass is 556 g/mol. The molecule has 0 amide bonds. The molecule has 8 heteroatoms. The van der Waals surface area contributed by atoms with Crippen molar-refractivity contribution in [3.8, 4) is 5.75 Å². The van der Waals surface area contributed by atoms with E-state index in [1.807, 2.05) is 25.1 Å². The molecule has 0 aliphatic heterocycles. The molecule has 0 bridgehead atoms. The zero-order valence-corrected chi connectivity index (χ0v) is 19.3. The van der Waals surface area contributed by atoms with Crippen molar-refractivity contribution in [1.82, 2.24) is 9.78 Å². The third kappa shape index (κ3) is 5.00. The van der Waals surface area contributed by atoms with Gasteiger partial charge in [0, 0.05) is 17.7 Å². The van der Waals surface area contributed by atoms with Gasteiger partial charge in [-0.1, -0.05) is 15.9 Å². The van der Waals surface area contributed by atoms with E-state index >= 15 is 0 Å². The first-order chi connectivity index (χ1) is 12.8. The van der Waals surface area contributed by atoms with Crippen LogP contribution in [0.25, 0.3) is 6.08 Å². The van der Waals surface area contributed by atoms with E-state index in [1.165, 1.54) is 6.08 Å². The van der Waals surface area contributed by atoms with Crippen molar-refractivity contribution in [2.24, 2.45) is 7.05 Å². The van der Waals surface area contributed by atoms with Gasteiger partial charge in [0.15, 0.2) is 5.78 Å². The van der Waals surface area contributed by atoms with Gasteiger partial charge >= 0.3 is 0 Å². The second-order valence-corrected chi connectivity index (χ2v) is 8.42. The largest absolute Gasteiger partial charge is 0.483 e. The van der Waals surface area contributed by atoms with Crippen LogP contribution in [0.1, 0.15) is 27.6 Å². The molecule has 0 unspecified atom stereocenters. The highest BCUT2D eigenvalue weighted by molar-refractivity contribution is 9.11. The number of furan rings is 1.